The molecule has 0 amide bonds. The summed E-state index contributed by atoms with van der Waals surface area (Å²) >= 11 is 12.1. The van der Waals surface area contributed by atoms with Crippen molar-refractivity contribution >= 4 is 23.2 Å². The van der Waals surface area contributed by atoms with E-state index < -0.39 is 5.41 Å². The van der Waals surface area contributed by atoms with Crippen LogP contribution in [0.25, 0.3) is 0 Å². The molecule has 1 fully saturated rings. The Hall–Kier alpha value is -0.710. The van der Waals surface area contributed by atoms with E-state index in [0.29, 0.717) is 16.0 Å². The molecule has 1 aromatic carbocycles. The second kappa shape index (κ2) is 4.28. The van der Waals surface area contributed by atoms with Crippen LogP contribution in [0, 0.1) is 17.2 Å². The number of rotatable bonds is 1. The summed E-state index contributed by atoms with van der Waals surface area (Å²) in [6.45, 7) is 2.13. The van der Waals surface area contributed by atoms with Crippen molar-refractivity contribution in [2.24, 2.45) is 5.92 Å². The molecule has 0 N–H and O–H groups in total. The van der Waals surface area contributed by atoms with Gasteiger partial charge in [0.15, 0.2) is 0 Å². The Bertz CT molecular complexity index is 450. The van der Waals surface area contributed by atoms with Crippen LogP contribution in [0.15, 0.2) is 18.2 Å². The highest BCUT2D eigenvalue weighted by atomic mass is 35.5. The van der Waals surface area contributed by atoms with Crippen molar-refractivity contribution in [1.29, 1.82) is 5.26 Å². The van der Waals surface area contributed by atoms with Crippen LogP contribution < -0.4 is 0 Å². The Morgan fingerprint density at radius 2 is 2.19 bits per heavy atom. The van der Waals surface area contributed by atoms with Crippen molar-refractivity contribution in [3.63, 3.8) is 0 Å². The predicted molar refractivity (Wildman–Crippen MR) is 66.8 cm³/mol. The number of nitriles is 1. The van der Waals surface area contributed by atoms with Gasteiger partial charge in [0.2, 0.25) is 0 Å². The second-order valence-corrected chi connectivity index (χ2v) is 5.34. The summed E-state index contributed by atoms with van der Waals surface area (Å²) in [6.07, 6.45) is 3.08. The molecule has 2 rings (SSSR count). The molecule has 1 aliphatic rings. The third-order valence-corrected chi connectivity index (χ3v) is 4.21. The van der Waals surface area contributed by atoms with Gasteiger partial charge in [0.1, 0.15) is 0 Å². The Balaban J connectivity index is 2.53. The van der Waals surface area contributed by atoms with E-state index in [1.165, 1.54) is 0 Å². The van der Waals surface area contributed by atoms with Crippen molar-refractivity contribution in [2.75, 3.05) is 0 Å². The summed E-state index contributed by atoms with van der Waals surface area (Å²) in [5, 5.41) is 10.7. The zero-order valence-corrected chi connectivity index (χ0v) is 10.6. The number of hydrogen-bond donors (Lipinski definition) is 0. The first kappa shape index (κ1) is 11.8. The highest BCUT2D eigenvalue weighted by Gasteiger charge is 2.43. The SMILES string of the molecule is CC1CCCC1(C#N)c1ccc(Cl)cc1Cl. The third-order valence-electron chi connectivity index (χ3n) is 3.66. The summed E-state index contributed by atoms with van der Waals surface area (Å²) in [7, 11) is 0. The minimum atomic E-state index is -0.415. The maximum atomic E-state index is 9.49. The zero-order valence-electron chi connectivity index (χ0n) is 9.13. The molecule has 0 heterocycles. The molecule has 2 unspecified atom stereocenters. The molecule has 0 spiro atoms. The van der Waals surface area contributed by atoms with E-state index in [0.717, 1.165) is 24.8 Å². The van der Waals surface area contributed by atoms with E-state index >= 15 is 0 Å². The Labute approximate surface area is 106 Å². The first-order chi connectivity index (χ1) is 7.60. The highest BCUT2D eigenvalue weighted by molar-refractivity contribution is 6.35. The van der Waals surface area contributed by atoms with Gasteiger partial charge in [-0.1, -0.05) is 42.6 Å². The first-order valence-electron chi connectivity index (χ1n) is 5.47. The molecule has 1 saturated carbocycles. The van der Waals surface area contributed by atoms with Gasteiger partial charge in [-0.25, -0.2) is 0 Å². The average Bonchev–Trinajstić information content (AvgIpc) is 2.61. The van der Waals surface area contributed by atoms with Crippen LogP contribution in [0.4, 0.5) is 0 Å². The molecular weight excluding hydrogens is 241 g/mol. The predicted octanol–water partition coefficient (Wildman–Crippen LogP) is 4.57. The molecule has 1 aliphatic carbocycles. The molecule has 0 aromatic heterocycles. The third kappa shape index (κ3) is 1.71. The molecule has 0 radical (unpaired) electrons. The molecule has 1 aromatic rings. The van der Waals surface area contributed by atoms with Crippen molar-refractivity contribution < 1.29 is 0 Å². The van der Waals surface area contributed by atoms with Gasteiger partial charge in [0, 0.05) is 10.0 Å². The van der Waals surface area contributed by atoms with Gasteiger partial charge in [-0.3, -0.25) is 0 Å². The van der Waals surface area contributed by atoms with E-state index in [4.69, 9.17) is 23.2 Å². The van der Waals surface area contributed by atoms with Crippen LogP contribution >= 0.6 is 23.2 Å². The van der Waals surface area contributed by atoms with Gasteiger partial charge < -0.3 is 0 Å². The number of benzene rings is 1. The van der Waals surface area contributed by atoms with Gasteiger partial charge in [0.25, 0.3) is 0 Å². The summed E-state index contributed by atoms with van der Waals surface area (Å²) in [4.78, 5) is 0. The topological polar surface area (TPSA) is 23.8 Å². The molecule has 16 heavy (non-hydrogen) atoms. The monoisotopic (exact) mass is 253 g/mol. The molecule has 2 atom stereocenters. The maximum absolute atomic E-state index is 9.49. The molecular formula is C13H13Cl2N. The first-order valence-corrected chi connectivity index (χ1v) is 6.22. The van der Waals surface area contributed by atoms with Gasteiger partial charge in [-0.2, -0.15) is 5.26 Å². The maximum Gasteiger partial charge on any atom is 0.0862 e. The molecule has 1 nitrogen and oxygen atoms in total. The van der Waals surface area contributed by atoms with E-state index in [9.17, 15) is 5.26 Å². The van der Waals surface area contributed by atoms with Gasteiger partial charge >= 0.3 is 0 Å². The van der Waals surface area contributed by atoms with Crippen LogP contribution in [0.2, 0.25) is 10.0 Å². The summed E-state index contributed by atoms with van der Waals surface area (Å²) in [5.41, 5.74) is 0.521. The number of nitrogens with zero attached hydrogens (tertiary/aromatic N) is 1. The Morgan fingerprint density at radius 1 is 1.44 bits per heavy atom. The van der Waals surface area contributed by atoms with Gasteiger partial charge in [0.05, 0.1) is 11.5 Å². The zero-order chi connectivity index (χ0) is 11.8. The lowest BCUT2D eigenvalue weighted by molar-refractivity contribution is 0.431. The quantitative estimate of drug-likeness (QED) is 0.719. The fourth-order valence-electron chi connectivity index (χ4n) is 2.66. The number of halogens is 2. The van der Waals surface area contributed by atoms with Gasteiger partial charge in [-0.05, 0) is 36.5 Å². The van der Waals surface area contributed by atoms with E-state index in [1.54, 1.807) is 6.07 Å². The van der Waals surface area contributed by atoms with Crippen LogP contribution in [0.1, 0.15) is 31.7 Å². The smallest absolute Gasteiger partial charge is 0.0862 e. The summed E-state index contributed by atoms with van der Waals surface area (Å²) in [6, 6.07) is 7.91. The largest absolute Gasteiger partial charge is 0.197 e. The molecule has 3 heteroatoms. The number of hydrogen-bond acceptors (Lipinski definition) is 1. The lowest BCUT2D eigenvalue weighted by Gasteiger charge is -2.27. The Morgan fingerprint density at radius 3 is 2.69 bits per heavy atom. The van der Waals surface area contributed by atoms with Crippen molar-refractivity contribution in [3.05, 3.63) is 33.8 Å². The molecule has 84 valence electrons. The highest BCUT2D eigenvalue weighted by Crippen LogP contribution is 2.47. The van der Waals surface area contributed by atoms with Crippen LogP contribution in [0.5, 0.6) is 0 Å². The Kier molecular flexibility index (Phi) is 3.15. The second-order valence-electron chi connectivity index (χ2n) is 4.50. The van der Waals surface area contributed by atoms with Crippen LogP contribution in [-0.2, 0) is 5.41 Å². The molecule has 0 bridgehead atoms. The standard InChI is InChI=1S/C13H13Cl2N/c1-9-3-2-6-13(9,8-16)11-5-4-10(14)7-12(11)15/h4-5,7,9H,2-3,6H2,1H3. The lowest BCUT2D eigenvalue weighted by atomic mass is 9.74. The molecule has 0 aliphatic heterocycles. The minimum Gasteiger partial charge on any atom is -0.197 e. The van der Waals surface area contributed by atoms with E-state index in [-0.39, 0.29) is 0 Å². The summed E-state index contributed by atoms with van der Waals surface area (Å²) in [5.74, 6) is 0.358. The lowest BCUT2D eigenvalue weighted by Crippen LogP contribution is -2.27. The summed E-state index contributed by atoms with van der Waals surface area (Å²) < 4.78 is 0. The van der Waals surface area contributed by atoms with Crippen molar-refractivity contribution in [3.8, 4) is 6.07 Å². The van der Waals surface area contributed by atoms with Gasteiger partial charge in [-0.15, -0.1) is 0 Å². The average molecular weight is 254 g/mol. The minimum absolute atomic E-state index is 0.358. The normalized spacial score (nSPS) is 29.0. The van der Waals surface area contributed by atoms with E-state index in [2.05, 4.69) is 13.0 Å². The fraction of sp³-hybridized carbons (Fsp3) is 0.462. The molecule has 0 saturated heterocycles. The van der Waals surface area contributed by atoms with Crippen molar-refractivity contribution in [2.45, 2.75) is 31.6 Å². The fourth-order valence-corrected chi connectivity index (χ4v) is 3.23. The van der Waals surface area contributed by atoms with E-state index in [1.807, 2.05) is 12.1 Å². The van der Waals surface area contributed by atoms with Crippen LogP contribution in [0.3, 0.4) is 0 Å². The van der Waals surface area contributed by atoms with Crippen molar-refractivity contribution in [1.82, 2.24) is 0 Å². The van der Waals surface area contributed by atoms with Crippen LogP contribution in [-0.4, -0.2) is 0 Å².